The Bertz CT molecular complexity index is 155. The molecular formula is C6H13NNaO5. The van der Waals surface area contributed by atoms with E-state index < -0.39 is 37.3 Å². The minimum atomic E-state index is -1.35. The van der Waals surface area contributed by atoms with Gasteiger partial charge in [-0.05, 0) is 0 Å². The van der Waals surface area contributed by atoms with Crippen molar-refractivity contribution in [2.24, 2.45) is 5.73 Å². The average Bonchev–Trinajstić information content (AvgIpc) is 2.08. The van der Waals surface area contributed by atoms with E-state index >= 15 is 0 Å². The SMILES string of the molecule is N[C@H]1C(O)O[C@H](CO)[C@@H](O)[C@@H]1O.[Na]. The van der Waals surface area contributed by atoms with Crippen LogP contribution in [0.25, 0.3) is 0 Å². The monoisotopic (exact) mass is 202 g/mol. The fourth-order valence-corrected chi connectivity index (χ4v) is 1.12. The average molecular weight is 202 g/mol. The molecule has 0 aromatic rings. The third-order valence-electron chi connectivity index (χ3n) is 1.95. The summed E-state index contributed by atoms with van der Waals surface area (Å²) < 4.78 is 4.70. The molecule has 13 heavy (non-hydrogen) atoms. The van der Waals surface area contributed by atoms with Crippen LogP contribution in [0.1, 0.15) is 0 Å². The van der Waals surface area contributed by atoms with Crippen LogP contribution in [0.5, 0.6) is 0 Å². The molecule has 1 aliphatic rings. The summed E-state index contributed by atoms with van der Waals surface area (Å²) in [5.74, 6) is 0. The van der Waals surface area contributed by atoms with Gasteiger partial charge in [0.2, 0.25) is 0 Å². The molecule has 6 N–H and O–H groups in total. The first-order chi connectivity index (χ1) is 5.57. The van der Waals surface area contributed by atoms with Crippen LogP contribution < -0.4 is 5.73 Å². The van der Waals surface area contributed by atoms with Gasteiger partial charge in [-0.15, -0.1) is 0 Å². The number of aliphatic hydroxyl groups is 4. The summed E-state index contributed by atoms with van der Waals surface area (Å²) in [4.78, 5) is 0. The molecule has 0 aromatic carbocycles. The quantitative estimate of drug-likeness (QED) is 0.280. The summed E-state index contributed by atoms with van der Waals surface area (Å²) in [6.45, 7) is -0.470. The number of ether oxygens (including phenoxy) is 1. The van der Waals surface area contributed by atoms with E-state index in [-0.39, 0.29) is 29.6 Å². The minimum absolute atomic E-state index is 0. The predicted molar refractivity (Wildman–Crippen MR) is 43.7 cm³/mol. The van der Waals surface area contributed by atoms with Crippen molar-refractivity contribution in [3.63, 3.8) is 0 Å². The molecule has 1 aliphatic heterocycles. The summed E-state index contributed by atoms with van der Waals surface area (Å²) in [5.41, 5.74) is 5.26. The smallest absolute Gasteiger partial charge is 0.173 e. The molecule has 0 spiro atoms. The van der Waals surface area contributed by atoms with Gasteiger partial charge in [-0.3, -0.25) is 0 Å². The zero-order chi connectivity index (χ0) is 9.30. The van der Waals surface area contributed by atoms with Gasteiger partial charge in [0.1, 0.15) is 18.3 Å². The largest absolute Gasteiger partial charge is 0.394 e. The van der Waals surface area contributed by atoms with E-state index in [1.807, 2.05) is 0 Å². The predicted octanol–water partition coefficient (Wildman–Crippen LogP) is -3.64. The first-order valence-electron chi connectivity index (χ1n) is 3.64. The van der Waals surface area contributed by atoms with Crippen LogP contribution in [0.3, 0.4) is 0 Å². The first kappa shape index (κ1) is 13.8. The van der Waals surface area contributed by atoms with Gasteiger partial charge in [0, 0.05) is 29.6 Å². The van der Waals surface area contributed by atoms with Crippen LogP contribution in [0.2, 0.25) is 0 Å². The van der Waals surface area contributed by atoms with Crippen molar-refractivity contribution in [1.82, 2.24) is 0 Å². The van der Waals surface area contributed by atoms with Gasteiger partial charge in [0.15, 0.2) is 6.29 Å². The van der Waals surface area contributed by atoms with Gasteiger partial charge >= 0.3 is 0 Å². The Balaban J connectivity index is 0.00000144. The van der Waals surface area contributed by atoms with Crippen LogP contribution >= 0.6 is 0 Å². The number of nitrogens with two attached hydrogens (primary N) is 1. The van der Waals surface area contributed by atoms with Crippen molar-refractivity contribution in [1.29, 1.82) is 0 Å². The Hall–Kier alpha value is 0.760. The van der Waals surface area contributed by atoms with Crippen molar-refractivity contribution < 1.29 is 25.2 Å². The molecule has 0 aliphatic carbocycles. The molecule has 5 atom stereocenters. The van der Waals surface area contributed by atoms with E-state index in [1.165, 1.54) is 0 Å². The van der Waals surface area contributed by atoms with Crippen molar-refractivity contribution in [3.8, 4) is 0 Å². The third-order valence-corrected chi connectivity index (χ3v) is 1.95. The molecule has 73 valence electrons. The van der Waals surface area contributed by atoms with Crippen molar-refractivity contribution in [2.75, 3.05) is 6.61 Å². The molecule has 1 fully saturated rings. The van der Waals surface area contributed by atoms with Gasteiger partial charge in [0.05, 0.1) is 12.6 Å². The molecule has 1 rings (SSSR count). The fraction of sp³-hybridized carbons (Fsp3) is 1.00. The second kappa shape index (κ2) is 5.59. The zero-order valence-corrected chi connectivity index (χ0v) is 9.37. The summed E-state index contributed by atoms with van der Waals surface area (Å²) in [6, 6.07) is -1.04. The van der Waals surface area contributed by atoms with Crippen LogP contribution in [0, 0.1) is 0 Å². The van der Waals surface area contributed by atoms with Gasteiger partial charge in [-0.1, -0.05) is 0 Å². The van der Waals surface area contributed by atoms with Crippen LogP contribution in [0.15, 0.2) is 0 Å². The Morgan fingerprint density at radius 2 is 1.69 bits per heavy atom. The van der Waals surface area contributed by atoms with E-state index in [2.05, 4.69) is 0 Å². The Labute approximate surface area is 97.6 Å². The van der Waals surface area contributed by atoms with Crippen LogP contribution in [-0.2, 0) is 4.74 Å². The third kappa shape index (κ3) is 2.85. The van der Waals surface area contributed by atoms with Gasteiger partial charge in [-0.2, -0.15) is 0 Å². The van der Waals surface area contributed by atoms with Crippen molar-refractivity contribution in [2.45, 2.75) is 30.6 Å². The molecule has 0 aromatic heterocycles. The Kier molecular flexibility index (Phi) is 5.92. The minimum Gasteiger partial charge on any atom is -0.394 e. The van der Waals surface area contributed by atoms with Gasteiger partial charge in [0.25, 0.3) is 0 Å². The molecule has 0 amide bonds. The number of hydrogen-bond acceptors (Lipinski definition) is 6. The van der Waals surface area contributed by atoms with Crippen molar-refractivity contribution >= 4 is 29.6 Å². The molecule has 1 saturated heterocycles. The molecule has 1 radical (unpaired) electrons. The van der Waals surface area contributed by atoms with E-state index in [9.17, 15) is 10.2 Å². The maximum Gasteiger partial charge on any atom is 0.173 e. The molecule has 1 heterocycles. The van der Waals surface area contributed by atoms with Gasteiger partial charge < -0.3 is 30.9 Å². The van der Waals surface area contributed by atoms with E-state index in [0.29, 0.717) is 0 Å². The Morgan fingerprint density at radius 1 is 1.15 bits per heavy atom. The van der Waals surface area contributed by atoms with Crippen LogP contribution in [-0.4, -0.2) is 87.2 Å². The number of rotatable bonds is 1. The second-order valence-corrected chi connectivity index (χ2v) is 2.81. The summed E-state index contributed by atoms with van der Waals surface area (Å²) >= 11 is 0. The summed E-state index contributed by atoms with van der Waals surface area (Å²) in [7, 11) is 0. The second-order valence-electron chi connectivity index (χ2n) is 2.81. The van der Waals surface area contributed by atoms with Crippen LogP contribution in [0.4, 0.5) is 0 Å². The number of hydrogen-bond donors (Lipinski definition) is 5. The normalized spacial score (nSPS) is 45.5. The molecular weight excluding hydrogens is 189 g/mol. The standard InChI is InChI=1S/C6H13NO5.Na/c7-3-5(10)4(9)2(1-8)12-6(3)11;/h2-6,8-11H,1,7H2;/t2-,3-,4-,5-,6?;/m1./s1. The number of aliphatic hydroxyl groups excluding tert-OH is 4. The molecule has 6 nitrogen and oxygen atoms in total. The van der Waals surface area contributed by atoms with Crippen molar-refractivity contribution in [3.05, 3.63) is 0 Å². The fourth-order valence-electron chi connectivity index (χ4n) is 1.12. The first-order valence-corrected chi connectivity index (χ1v) is 3.64. The van der Waals surface area contributed by atoms with Gasteiger partial charge in [-0.25, -0.2) is 0 Å². The van der Waals surface area contributed by atoms with E-state index in [4.69, 9.17) is 20.7 Å². The molecule has 7 heteroatoms. The molecule has 1 unspecified atom stereocenters. The maximum absolute atomic E-state index is 9.20. The maximum atomic E-state index is 9.20. The summed E-state index contributed by atoms with van der Waals surface area (Å²) in [5, 5.41) is 36.1. The van der Waals surface area contributed by atoms with E-state index in [0.717, 1.165) is 0 Å². The van der Waals surface area contributed by atoms with E-state index in [1.54, 1.807) is 0 Å². The zero-order valence-electron chi connectivity index (χ0n) is 7.37. The summed E-state index contributed by atoms with van der Waals surface area (Å²) in [6.07, 6.45) is -4.85. The Morgan fingerprint density at radius 3 is 2.15 bits per heavy atom. The topological polar surface area (TPSA) is 116 Å². The molecule has 0 bridgehead atoms. The molecule has 0 saturated carbocycles.